The van der Waals surface area contributed by atoms with Gasteiger partial charge in [-0.05, 0) is 112 Å². The maximum absolute atomic E-state index is 14.7. The molecule has 2 aliphatic carbocycles. The number of fused-ring (bicyclic) bond motifs is 10. The van der Waals surface area contributed by atoms with Gasteiger partial charge < -0.3 is 28.6 Å². The van der Waals surface area contributed by atoms with E-state index in [-0.39, 0.29) is 10.8 Å². The molecule has 9 rings (SSSR count). The van der Waals surface area contributed by atoms with Crippen LogP contribution in [-0.2, 0) is 21.9 Å². The van der Waals surface area contributed by atoms with E-state index in [9.17, 15) is 13.2 Å². The lowest BCUT2D eigenvalue weighted by Gasteiger charge is -2.52. The highest BCUT2D eigenvalue weighted by molar-refractivity contribution is 6.09. The van der Waals surface area contributed by atoms with Gasteiger partial charge in [0, 0.05) is 46.3 Å². The third kappa shape index (κ3) is 6.02. The van der Waals surface area contributed by atoms with Crippen LogP contribution in [0.4, 0.5) is 18.9 Å². The lowest BCUT2D eigenvalue weighted by molar-refractivity contribution is -0.137. The van der Waals surface area contributed by atoms with Crippen LogP contribution in [-0.4, -0.2) is 47.6 Å². The van der Waals surface area contributed by atoms with Gasteiger partial charge in [-0.2, -0.15) is 13.2 Å². The number of hydrogen-bond acceptors (Lipinski definition) is 6. The van der Waals surface area contributed by atoms with E-state index in [4.69, 9.17) is 23.7 Å². The number of hydrogen-bond donors (Lipinski definition) is 0. The second kappa shape index (κ2) is 13.4. The number of anilines is 1. The summed E-state index contributed by atoms with van der Waals surface area (Å²) < 4.78 is 74.6. The number of nitrogens with zero attached hydrogens (tertiary/aromatic N) is 1. The summed E-state index contributed by atoms with van der Waals surface area (Å²) in [5, 5.41) is 1.63. The van der Waals surface area contributed by atoms with E-state index in [0.717, 1.165) is 80.7 Å². The Morgan fingerprint density at radius 2 is 1.29 bits per heavy atom. The SMILES string of the molecule is COc1ccc(C2(c3ccc(N4CCOCC4)cc3)C=Cc3c4c(c5cc(OC)c(OC)cc5c3O2)-c2ccc(C(F)(F)F)cc2C42CC(C)(C)CC(C)(C)C2)cc1. The van der Waals surface area contributed by atoms with Crippen molar-refractivity contribution in [2.24, 2.45) is 10.8 Å². The summed E-state index contributed by atoms with van der Waals surface area (Å²) in [6.07, 6.45) is 2.10. The van der Waals surface area contributed by atoms with Crippen LogP contribution in [0.15, 0.2) is 84.9 Å². The van der Waals surface area contributed by atoms with E-state index in [0.29, 0.717) is 43.3 Å². The molecular formula is C49H50F3NO5. The van der Waals surface area contributed by atoms with Crippen molar-refractivity contribution in [1.29, 1.82) is 0 Å². The molecule has 0 N–H and O–H groups in total. The molecule has 2 heterocycles. The van der Waals surface area contributed by atoms with Crippen molar-refractivity contribution >= 4 is 22.5 Å². The number of rotatable bonds is 6. The second-order valence-electron chi connectivity index (χ2n) is 18.0. The van der Waals surface area contributed by atoms with Gasteiger partial charge in [0.25, 0.3) is 0 Å². The molecule has 1 saturated carbocycles. The van der Waals surface area contributed by atoms with Crippen molar-refractivity contribution in [3.8, 4) is 34.1 Å². The summed E-state index contributed by atoms with van der Waals surface area (Å²) in [4.78, 5) is 2.32. The highest BCUT2D eigenvalue weighted by Crippen LogP contribution is 2.67. The molecule has 2 fully saturated rings. The fourth-order valence-electron chi connectivity index (χ4n) is 11.3. The van der Waals surface area contributed by atoms with Crippen molar-refractivity contribution in [3.05, 3.63) is 118 Å². The Labute approximate surface area is 338 Å². The zero-order valence-electron chi connectivity index (χ0n) is 34.2. The number of halogens is 3. The molecule has 1 unspecified atom stereocenters. The lowest BCUT2D eigenvalue weighted by Crippen LogP contribution is -2.44. The summed E-state index contributed by atoms with van der Waals surface area (Å²) in [7, 11) is 4.86. The van der Waals surface area contributed by atoms with E-state index in [1.807, 2.05) is 36.4 Å². The molecule has 1 spiro atoms. The number of morpholine rings is 1. The molecule has 0 aromatic heterocycles. The third-order valence-electron chi connectivity index (χ3n) is 12.9. The van der Waals surface area contributed by atoms with Crippen LogP contribution in [0.3, 0.4) is 0 Å². The molecule has 5 aromatic carbocycles. The normalized spacial score (nSPS) is 21.2. The number of methoxy groups -OCH3 is 3. The number of ether oxygens (including phenoxy) is 5. The molecule has 0 radical (unpaired) electrons. The first kappa shape index (κ1) is 38.4. The van der Waals surface area contributed by atoms with Crippen molar-refractivity contribution < 1.29 is 36.9 Å². The fraction of sp³-hybridized carbons (Fsp3) is 0.388. The van der Waals surface area contributed by atoms with E-state index in [2.05, 4.69) is 69.0 Å². The minimum Gasteiger partial charge on any atom is -0.497 e. The number of benzene rings is 5. The Bertz CT molecular complexity index is 2430. The maximum atomic E-state index is 14.7. The Kier molecular flexibility index (Phi) is 8.90. The van der Waals surface area contributed by atoms with Gasteiger partial charge >= 0.3 is 6.18 Å². The van der Waals surface area contributed by atoms with Gasteiger partial charge in [0.1, 0.15) is 11.5 Å². The van der Waals surface area contributed by atoms with Crippen LogP contribution >= 0.6 is 0 Å². The van der Waals surface area contributed by atoms with E-state index in [1.54, 1.807) is 27.4 Å². The minimum atomic E-state index is -4.50. The predicted molar refractivity (Wildman–Crippen MR) is 223 cm³/mol. The average molecular weight is 790 g/mol. The molecule has 9 heteroatoms. The maximum Gasteiger partial charge on any atom is 0.416 e. The Morgan fingerprint density at radius 3 is 1.88 bits per heavy atom. The van der Waals surface area contributed by atoms with Gasteiger partial charge in [0.2, 0.25) is 0 Å². The molecule has 58 heavy (non-hydrogen) atoms. The van der Waals surface area contributed by atoms with Gasteiger partial charge in [-0.3, -0.25) is 0 Å². The van der Waals surface area contributed by atoms with E-state index >= 15 is 0 Å². The molecule has 1 atom stereocenters. The second-order valence-corrected chi connectivity index (χ2v) is 18.0. The first-order valence-corrected chi connectivity index (χ1v) is 20.1. The van der Waals surface area contributed by atoms with E-state index in [1.165, 1.54) is 12.1 Å². The van der Waals surface area contributed by atoms with E-state index < -0.39 is 22.8 Å². The van der Waals surface area contributed by atoms with Crippen molar-refractivity contribution in [2.45, 2.75) is 64.1 Å². The summed E-state index contributed by atoms with van der Waals surface area (Å²) in [5.74, 6) is 2.43. The largest absolute Gasteiger partial charge is 0.497 e. The average Bonchev–Trinajstić information content (AvgIpc) is 3.46. The summed E-state index contributed by atoms with van der Waals surface area (Å²) in [6, 6.07) is 24.8. The van der Waals surface area contributed by atoms with Gasteiger partial charge in [0.15, 0.2) is 17.1 Å². The first-order valence-electron chi connectivity index (χ1n) is 20.1. The molecule has 6 nitrogen and oxygen atoms in total. The number of alkyl halides is 3. The molecule has 0 bridgehead atoms. The van der Waals surface area contributed by atoms with Gasteiger partial charge in [0.05, 0.1) is 40.1 Å². The summed E-state index contributed by atoms with van der Waals surface area (Å²) in [6.45, 7) is 12.0. The smallest absolute Gasteiger partial charge is 0.416 e. The molecular weight excluding hydrogens is 740 g/mol. The minimum absolute atomic E-state index is 0.178. The predicted octanol–water partition coefficient (Wildman–Crippen LogP) is 11.6. The lowest BCUT2D eigenvalue weighted by atomic mass is 9.52. The van der Waals surface area contributed by atoms with Gasteiger partial charge in [-0.15, -0.1) is 0 Å². The zero-order chi connectivity index (χ0) is 40.8. The molecule has 5 aromatic rings. The monoisotopic (exact) mass is 789 g/mol. The van der Waals surface area contributed by atoms with Crippen molar-refractivity contribution in [1.82, 2.24) is 0 Å². The van der Waals surface area contributed by atoms with Crippen molar-refractivity contribution in [2.75, 3.05) is 52.5 Å². The quantitative estimate of drug-likeness (QED) is 0.171. The van der Waals surface area contributed by atoms with Crippen LogP contribution < -0.4 is 23.8 Å². The zero-order valence-corrected chi connectivity index (χ0v) is 34.2. The van der Waals surface area contributed by atoms with Crippen LogP contribution in [0.2, 0.25) is 0 Å². The summed E-state index contributed by atoms with van der Waals surface area (Å²) in [5.41, 5.74) is 4.48. The molecule has 302 valence electrons. The summed E-state index contributed by atoms with van der Waals surface area (Å²) >= 11 is 0. The Morgan fingerprint density at radius 1 is 0.690 bits per heavy atom. The third-order valence-corrected chi connectivity index (χ3v) is 12.9. The fourth-order valence-corrected chi connectivity index (χ4v) is 11.3. The standard InChI is InChI=1S/C49H50F3NO5/c1-45(2)27-46(3,4)29-47(28-45)39-24-32(49(50,51)52)12-17-35(39)42-37-25-40(55-6)41(56-7)26-38(37)44-36(43(42)47)18-19-48(58-44,31-10-15-34(54-5)16-11-31)30-8-13-33(14-9-30)53-20-22-57-23-21-53/h8-19,24-26H,20-23,27-29H2,1-7H3. The topological polar surface area (TPSA) is 49.4 Å². The Balaban J connectivity index is 1.35. The molecule has 0 amide bonds. The highest BCUT2D eigenvalue weighted by atomic mass is 19.4. The van der Waals surface area contributed by atoms with Crippen molar-refractivity contribution in [3.63, 3.8) is 0 Å². The first-order chi connectivity index (χ1) is 27.6. The van der Waals surface area contributed by atoms with Crippen LogP contribution in [0, 0.1) is 10.8 Å². The van der Waals surface area contributed by atoms with Crippen LogP contribution in [0.5, 0.6) is 23.0 Å². The van der Waals surface area contributed by atoms with Crippen LogP contribution in [0.25, 0.3) is 28.0 Å². The highest BCUT2D eigenvalue weighted by Gasteiger charge is 2.56. The molecule has 1 saturated heterocycles. The molecule has 2 aliphatic heterocycles. The Hall–Kier alpha value is -5.15. The van der Waals surface area contributed by atoms with Gasteiger partial charge in [-0.25, -0.2) is 0 Å². The van der Waals surface area contributed by atoms with Crippen LogP contribution in [0.1, 0.15) is 80.3 Å². The molecule has 4 aliphatic rings. The van der Waals surface area contributed by atoms with Gasteiger partial charge in [-0.1, -0.05) is 64.1 Å².